The minimum Gasteiger partial charge on any atom is -0.127 e. The van der Waals surface area contributed by atoms with Crippen LogP contribution in [0.25, 0.3) is 0 Å². The van der Waals surface area contributed by atoms with Gasteiger partial charge in [0.25, 0.3) is 0 Å². The highest BCUT2D eigenvalue weighted by molar-refractivity contribution is 6.17. The van der Waals surface area contributed by atoms with Gasteiger partial charge in [-0.05, 0) is 25.8 Å². The lowest BCUT2D eigenvalue weighted by Gasteiger charge is -1.99. The van der Waals surface area contributed by atoms with Crippen LogP contribution in [0.4, 0.5) is 0 Å². The number of unbranched alkanes of at least 4 members (excludes halogenated alkanes) is 8. The summed E-state index contributed by atoms with van der Waals surface area (Å²) in [6.07, 6.45) is 15.5. The molecule has 0 rings (SSSR count). The predicted molar refractivity (Wildman–Crippen MR) is 74.9 cm³/mol. The minimum absolute atomic E-state index is 0.824. The Hall–Kier alpha value is -0.410. The lowest BCUT2D eigenvalue weighted by molar-refractivity contribution is 0.580. The molecule has 0 spiro atoms. The molecular weight excluding hydrogens is 216 g/mol. The van der Waals surface area contributed by atoms with E-state index in [0.717, 1.165) is 12.3 Å². The lowest BCUT2D eigenvalue weighted by Crippen LogP contribution is -1.81. The van der Waals surface area contributed by atoms with Gasteiger partial charge < -0.3 is 0 Å². The zero-order chi connectivity index (χ0) is 11.9. The highest BCUT2D eigenvalue weighted by Gasteiger charge is 1.91. The van der Waals surface area contributed by atoms with Crippen LogP contribution in [0.5, 0.6) is 0 Å². The van der Waals surface area contributed by atoms with Crippen LogP contribution in [0.15, 0.2) is 12.2 Å². The van der Waals surface area contributed by atoms with Crippen LogP contribution >= 0.6 is 11.6 Å². The Morgan fingerprint density at radius 3 is 2.00 bits per heavy atom. The fourth-order valence-electron chi connectivity index (χ4n) is 1.58. The summed E-state index contributed by atoms with van der Waals surface area (Å²) in [7, 11) is 0. The van der Waals surface area contributed by atoms with Crippen LogP contribution in [-0.4, -0.2) is 5.88 Å². The molecule has 0 fully saturated rings. The molecule has 0 aromatic rings. The molecule has 0 unspecified atom stereocenters. The normalized spacial score (nSPS) is 10.4. The number of hydrogen-bond acceptors (Lipinski definition) is 0. The van der Waals surface area contributed by atoms with Gasteiger partial charge in [0.15, 0.2) is 0 Å². The van der Waals surface area contributed by atoms with E-state index in [4.69, 9.17) is 11.6 Å². The van der Waals surface area contributed by atoms with E-state index in [1.54, 1.807) is 0 Å². The first-order valence-electron chi connectivity index (χ1n) is 6.57. The maximum absolute atomic E-state index is 5.62. The predicted octanol–water partition coefficient (Wildman–Crippen LogP) is 5.32. The quantitative estimate of drug-likeness (QED) is 0.291. The molecule has 0 N–H and O–H groups in total. The van der Waals surface area contributed by atoms with Crippen molar-refractivity contribution >= 4 is 11.6 Å². The fourth-order valence-corrected chi connectivity index (χ4v) is 1.77. The molecule has 0 heterocycles. The largest absolute Gasteiger partial charge is 0.127 e. The van der Waals surface area contributed by atoms with Crippen molar-refractivity contribution in [3.05, 3.63) is 12.2 Å². The average molecular weight is 241 g/mol. The van der Waals surface area contributed by atoms with E-state index in [1.165, 1.54) is 51.4 Å². The van der Waals surface area contributed by atoms with Crippen molar-refractivity contribution in [3.63, 3.8) is 0 Å². The van der Waals surface area contributed by atoms with E-state index in [0.29, 0.717) is 0 Å². The highest BCUT2D eigenvalue weighted by Crippen LogP contribution is 2.09. The van der Waals surface area contributed by atoms with E-state index < -0.39 is 0 Å². The number of rotatable bonds is 9. The second kappa shape index (κ2) is 14.6. The van der Waals surface area contributed by atoms with Gasteiger partial charge in [0.1, 0.15) is 0 Å². The number of hydrogen-bond donors (Lipinski definition) is 0. The third-order valence-electron chi connectivity index (χ3n) is 2.54. The molecule has 0 aromatic heterocycles. The molecule has 0 aliphatic rings. The van der Waals surface area contributed by atoms with Crippen molar-refractivity contribution in [2.45, 2.75) is 64.7 Å². The summed E-state index contributed by atoms with van der Waals surface area (Å²) in [4.78, 5) is 0. The molecule has 0 aromatic carbocycles. The van der Waals surface area contributed by atoms with Crippen molar-refractivity contribution in [1.82, 2.24) is 0 Å². The van der Waals surface area contributed by atoms with Crippen LogP contribution in [0.1, 0.15) is 64.7 Å². The van der Waals surface area contributed by atoms with E-state index >= 15 is 0 Å². The Morgan fingerprint density at radius 1 is 0.875 bits per heavy atom. The van der Waals surface area contributed by atoms with Gasteiger partial charge in [-0.1, -0.05) is 56.4 Å². The van der Waals surface area contributed by atoms with Gasteiger partial charge in [0.2, 0.25) is 0 Å². The summed E-state index contributed by atoms with van der Waals surface area (Å²) < 4.78 is 0. The minimum atomic E-state index is 0.824. The van der Waals surface area contributed by atoms with Gasteiger partial charge in [-0.3, -0.25) is 0 Å². The Balaban J connectivity index is 3.02. The zero-order valence-corrected chi connectivity index (χ0v) is 11.4. The summed E-state index contributed by atoms with van der Waals surface area (Å²) >= 11 is 5.62. The summed E-state index contributed by atoms with van der Waals surface area (Å²) in [5.74, 6) is 7.00. The summed E-state index contributed by atoms with van der Waals surface area (Å²) in [5.41, 5.74) is 0. The van der Waals surface area contributed by atoms with Crippen LogP contribution in [0.3, 0.4) is 0 Å². The van der Waals surface area contributed by atoms with E-state index in [2.05, 4.69) is 11.8 Å². The zero-order valence-electron chi connectivity index (χ0n) is 10.6. The molecule has 92 valence electrons. The number of halogens is 1. The molecule has 0 bridgehead atoms. The van der Waals surface area contributed by atoms with Gasteiger partial charge in [0.05, 0.1) is 0 Å². The van der Waals surface area contributed by atoms with Crippen LogP contribution in [0, 0.1) is 11.8 Å². The first-order valence-corrected chi connectivity index (χ1v) is 7.10. The highest BCUT2D eigenvalue weighted by atomic mass is 35.5. The van der Waals surface area contributed by atoms with Crippen LogP contribution in [-0.2, 0) is 0 Å². The molecule has 0 radical (unpaired) electrons. The summed E-state index contributed by atoms with van der Waals surface area (Å²) in [5, 5.41) is 0. The molecule has 16 heavy (non-hydrogen) atoms. The maximum atomic E-state index is 5.62. The second-order valence-corrected chi connectivity index (χ2v) is 4.47. The van der Waals surface area contributed by atoms with Crippen molar-refractivity contribution in [2.75, 3.05) is 5.88 Å². The molecule has 0 nitrogen and oxygen atoms in total. The van der Waals surface area contributed by atoms with E-state index in [9.17, 15) is 0 Å². The van der Waals surface area contributed by atoms with E-state index in [-0.39, 0.29) is 0 Å². The Morgan fingerprint density at radius 2 is 1.44 bits per heavy atom. The van der Waals surface area contributed by atoms with Gasteiger partial charge in [0, 0.05) is 12.3 Å². The van der Waals surface area contributed by atoms with Crippen molar-refractivity contribution in [2.24, 2.45) is 0 Å². The number of allylic oxidation sites excluding steroid dienone is 2. The molecule has 0 atom stereocenters. The molecular formula is C15H25Cl. The summed E-state index contributed by atoms with van der Waals surface area (Å²) in [6.45, 7) is 2.00. The van der Waals surface area contributed by atoms with Gasteiger partial charge >= 0.3 is 0 Å². The smallest absolute Gasteiger partial charge is 0.0223 e. The van der Waals surface area contributed by atoms with Gasteiger partial charge in [-0.2, -0.15) is 0 Å². The topological polar surface area (TPSA) is 0 Å². The standard InChI is InChI=1S/C15H25Cl/c1-2-3-4-5-6-7-8-9-10-11-12-13-14-15-16/h2-3H,6-15H2,1H3/b3-2-. The number of alkyl halides is 1. The molecule has 0 saturated carbocycles. The average Bonchev–Trinajstić information content (AvgIpc) is 2.31. The molecule has 0 amide bonds. The Kier molecular flexibility index (Phi) is 14.2. The molecule has 0 aliphatic carbocycles. The first-order chi connectivity index (χ1) is 7.91. The fraction of sp³-hybridized carbons (Fsp3) is 0.733. The van der Waals surface area contributed by atoms with E-state index in [1.807, 2.05) is 19.1 Å². The van der Waals surface area contributed by atoms with Gasteiger partial charge in [-0.15, -0.1) is 11.6 Å². The molecule has 0 aliphatic heterocycles. The Labute approximate surface area is 106 Å². The third-order valence-corrected chi connectivity index (χ3v) is 2.80. The van der Waals surface area contributed by atoms with Crippen LogP contribution in [0.2, 0.25) is 0 Å². The Bertz CT molecular complexity index is 207. The van der Waals surface area contributed by atoms with Gasteiger partial charge in [-0.25, -0.2) is 0 Å². The molecule has 0 saturated heterocycles. The third kappa shape index (κ3) is 13.6. The monoisotopic (exact) mass is 240 g/mol. The lowest BCUT2D eigenvalue weighted by atomic mass is 10.1. The molecule has 1 heteroatoms. The maximum Gasteiger partial charge on any atom is 0.0223 e. The van der Waals surface area contributed by atoms with Crippen molar-refractivity contribution in [1.29, 1.82) is 0 Å². The first kappa shape index (κ1) is 15.6. The van der Waals surface area contributed by atoms with Crippen molar-refractivity contribution in [3.8, 4) is 11.8 Å². The summed E-state index contributed by atoms with van der Waals surface area (Å²) in [6, 6.07) is 0. The second-order valence-electron chi connectivity index (χ2n) is 4.09. The van der Waals surface area contributed by atoms with Crippen LogP contribution < -0.4 is 0 Å². The van der Waals surface area contributed by atoms with Crippen molar-refractivity contribution < 1.29 is 0 Å². The SMILES string of the molecule is C/C=C\C#CCCCCCCCCCCCl.